The van der Waals surface area contributed by atoms with Crippen LogP contribution in [0.4, 0.5) is 4.79 Å². The van der Waals surface area contributed by atoms with Crippen molar-refractivity contribution in [3.8, 4) is 0 Å². The predicted octanol–water partition coefficient (Wildman–Crippen LogP) is 5.00. The smallest absolute Gasteiger partial charge is 0.497 e. The number of unbranched alkanes of at least 4 members (excludes halogenated alkanes) is 3. The van der Waals surface area contributed by atoms with Crippen LogP contribution in [-0.2, 0) is 23.7 Å². The molecule has 1 aromatic heterocycles. The SMILES string of the molecule is CCCCCCOC(=O)OC(C)OC(=O)c1nc(C(=O)NCC2CC2)ccc1C1=CC(OC)=C(OC)[C@H]1C. The third kappa shape index (κ3) is 7.72. The Kier molecular flexibility index (Phi) is 10.6. The standard InChI is InChI=1S/C28H38N2O8/c1-6-7-8-9-14-36-28(33)38-18(3)37-27(32)24-20(21-15-23(34-4)25(35-5)17(21)2)12-13-22(30-24)26(31)29-16-19-10-11-19/h12-13,15,17-19H,6-11,14,16H2,1-5H3,(H,29,31)/t17-,18?/m0/s1. The molecule has 1 unspecified atom stereocenters. The number of ether oxygens (including phenoxy) is 5. The Hall–Kier alpha value is -3.56. The molecule has 38 heavy (non-hydrogen) atoms. The number of allylic oxidation sites excluding steroid dienone is 2. The van der Waals surface area contributed by atoms with E-state index in [9.17, 15) is 14.4 Å². The van der Waals surface area contributed by atoms with Gasteiger partial charge in [0, 0.05) is 24.9 Å². The van der Waals surface area contributed by atoms with Gasteiger partial charge in [-0.15, -0.1) is 0 Å². The van der Waals surface area contributed by atoms with Crippen molar-refractivity contribution in [2.45, 2.75) is 65.6 Å². The predicted molar refractivity (Wildman–Crippen MR) is 139 cm³/mol. The summed E-state index contributed by atoms with van der Waals surface area (Å²) in [5, 5.41) is 2.85. The van der Waals surface area contributed by atoms with E-state index in [4.69, 9.17) is 23.7 Å². The Balaban J connectivity index is 1.76. The average Bonchev–Trinajstić information content (AvgIpc) is 3.67. The molecule has 2 atom stereocenters. The van der Waals surface area contributed by atoms with Crippen LogP contribution in [0.15, 0.2) is 29.7 Å². The van der Waals surface area contributed by atoms with Gasteiger partial charge in [-0.1, -0.05) is 33.1 Å². The molecule has 1 saturated carbocycles. The van der Waals surface area contributed by atoms with Gasteiger partial charge < -0.3 is 29.0 Å². The summed E-state index contributed by atoms with van der Waals surface area (Å²) < 4.78 is 26.4. The summed E-state index contributed by atoms with van der Waals surface area (Å²) in [6.45, 7) is 6.20. The molecule has 0 spiro atoms. The average molecular weight is 531 g/mol. The molecule has 1 heterocycles. The van der Waals surface area contributed by atoms with Gasteiger partial charge in [0.1, 0.15) is 11.5 Å². The number of esters is 1. The van der Waals surface area contributed by atoms with E-state index in [2.05, 4.69) is 17.2 Å². The van der Waals surface area contributed by atoms with Gasteiger partial charge in [-0.2, -0.15) is 0 Å². The summed E-state index contributed by atoms with van der Waals surface area (Å²) in [4.78, 5) is 42.3. The van der Waals surface area contributed by atoms with Crippen LogP contribution in [0.5, 0.6) is 0 Å². The van der Waals surface area contributed by atoms with Crippen molar-refractivity contribution in [3.05, 3.63) is 46.7 Å². The first-order chi connectivity index (χ1) is 18.3. The number of hydrogen-bond acceptors (Lipinski definition) is 9. The highest BCUT2D eigenvalue weighted by Gasteiger charge is 2.32. The minimum absolute atomic E-state index is 0.0829. The zero-order chi connectivity index (χ0) is 27.7. The highest BCUT2D eigenvalue weighted by molar-refractivity contribution is 5.98. The number of aromatic nitrogens is 1. The van der Waals surface area contributed by atoms with Gasteiger partial charge in [-0.3, -0.25) is 4.79 Å². The minimum atomic E-state index is -1.23. The van der Waals surface area contributed by atoms with Gasteiger partial charge in [0.15, 0.2) is 11.5 Å². The highest BCUT2D eigenvalue weighted by atomic mass is 16.8. The first kappa shape index (κ1) is 29.0. The van der Waals surface area contributed by atoms with Crippen molar-refractivity contribution < 1.29 is 38.1 Å². The molecule has 10 nitrogen and oxygen atoms in total. The van der Waals surface area contributed by atoms with E-state index in [0.29, 0.717) is 35.1 Å². The van der Waals surface area contributed by atoms with Gasteiger partial charge >= 0.3 is 12.1 Å². The fraction of sp³-hybridized carbons (Fsp3) is 0.571. The van der Waals surface area contributed by atoms with Crippen LogP contribution in [0.25, 0.3) is 5.57 Å². The van der Waals surface area contributed by atoms with Crippen molar-refractivity contribution >= 4 is 23.6 Å². The molecule has 3 rings (SSSR count). The number of nitrogens with one attached hydrogen (secondary N) is 1. The summed E-state index contributed by atoms with van der Waals surface area (Å²) in [5.41, 5.74) is 1.16. The summed E-state index contributed by atoms with van der Waals surface area (Å²) >= 11 is 0. The fourth-order valence-electron chi connectivity index (χ4n) is 4.15. The van der Waals surface area contributed by atoms with Gasteiger partial charge in [-0.05, 0) is 49.0 Å². The number of carbonyl (C=O) groups is 3. The van der Waals surface area contributed by atoms with Crippen LogP contribution in [0, 0.1) is 11.8 Å². The molecule has 0 radical (unpaired) electrons. The van der Waals surface area contributed by atoms with E-state index in [0.717, 1.165) is 38.5 Å². The third-order valence-electron chi connectivity index (χ3n) is 6.46. The molecular formula is C28H38N2O8. The summed E-state index contributed by atoms with van der Waals surface area (Å²) in [5.74, 6) is 0.148. The molecule has 0 bridgehead atoms. The number of hydrogen-bond donors (Lipinski definition) is 1. The van der Waals surface area contributed by atoms with Gasteiger partial charge in [0.2, 0.25) is 6.29 Å². The maximum Gasteiger partial charge on any atom is 0.511 e. The third-order valence-corrected chi connectivity index (χ3v) is 6.46. The van der Waals surface area contributed by atoms with E-state index < -0.39 is 18.4 Å². The van der Waals surface area contributed by atoms with Crippen molar-refractivity contribution in [2.75, 3.05) is 27.4 Å². The van der Waals surface area contributed by atoms with Crippen LogP contribution >= 0.6 is 0 Å². The normalized spacial score (nSPS) is 17.4. The van der Waals surface area contributed by atoms with Crippen LogP contribution < -0.4 is 5.32 Å². The molecule has 10 heteroatoms. The molecule has 0 saturated heterocycles. The monoisotopic (exact) mass is 530 g/mol. The zero-order valence-electron chi connectivity index (χ0n) is 22.8. The van der Waals surface area contributed by atoms with E-state index in [-0.39, 0.29) is 29.8 Å². The van der Waals surface area contributed by atoms with E-state index in [1.165, 1.54) is 14.0 Å². The van der Waals surface area contributed by atoms with Crippen LogP contribution in [0.1, 0.15) is 85.8 Å². The maximum atomic E-state index is 13.3. The zero-order valence-corrected chi connectivity index (χ0v) is 22.8. The number of carbonyl (C=O) groups excluding carboxylic acids is 3. The Bertz CT molecular complexity index is 1080. The summed E-state index contributed by atoms with van der Waals surface area (Å²) in [6, 6.07) is 3.22. The quantitative estimate of drug-likeness (QED) is 0.201. The maximum absolute atomic E-state index is 13.3. The summed E-state index contributed by atoms with van der Waals surface area (Å²) in [6.07, 6.45) is 5.60. The number of amides is 1. The van der Waals surface area contributed by atoms with Crippen molar-refractivity contribution in [1.29, 1.82) is 0 Å². The van der Waals surface area contributed by atoms with E-state index >= 15 is 0 Å². The Labute approximate surface area is 223 Å². The van der Waals surface area contributed by atoms with Crippen LogP contribution in [0.2, 0.25) is 0 Å². The van der Waals surface area contributed by atoms with Crippen molar-refractivity contribution in [1.82, 2.24) is 10.3 Å². The first-order valence-electron chi connectivity index (χ1n) is 13.2. The first-order valence-corrected chi connectivity index (χ1v) is 13.2. The Morgan fingerprint density at radius 1 is 1.08 bits per heavy atom. The lowest BCUT2D eigenvalue weighted by Gasteiger charge is -2.18. The largest absolute Gasteiger partial charge is 0.511 e. The molecule has 2 aliphatic carbocycles. The minimum Gasteiger partial charge on any atom is -0.497 e. The molecule has 0 aliphatic heterocycles. The number of methoxy groups -OCH3 is 2. The molecule has 1 amide bonds. The van der Waals surface area contributed by atoms with Crippen LogP contribution in [-0.4, -0.2) is 56.7 Å². The lowest BCUT2D eigenvalue weighted by atomic mass is 9.94. The molecule has 208 valence electrons. The van der Waals surface area contributed by atoms with Gasteiger partial charge in [0.05, 0.1) is 20.8 Å². The topological polar surface area (TPSA) is 122 Å². The molecule has 0 aromatic carbocycles. The fourth-order valence-corrected chi connectivity index (χ4v) is 4.15. The Morgan fingerprint density at radius 3 is 2.47 bits per heavy atom. The Morgan fingerprint density at radius 2 is 1.84 bits per heavy atom. The van der Waals surface area contributed by atoms with Crippen LogP contribution in [0.3, 0.4) is 0 Å². The van der Waals surface area contributed by atoms with Gasteiger partial charge in [0.25, 0.3) is 5.91 Å². The molecule has 1 aromatic rings. The van der Waals surface area contributed by atoms with E-state index in [1.54, 1.807) is 25.3 Å². The second-order valence-electron chi connectivity index (χ2n) is 9.45. The molecule has 1 fully saturated rings. The van der Waals surface area contributed by atoms with E-state index in [1.807, 2.05) is 6.92 Å². The number of nitrogens with zero attached hydrogens (tertiary/aromatic N) is 1. The second kappa shape index (κ2) is 13.8. The lowest BCUT2D eigenvalue weighted by molar-refractivity contribution is -0.0823. The van der Waals surface area contributed by atoms with Crippen molar-refractivity contribution in [2.24, 2.45) is 11.8 Å². The lowest BCUT2D eigenvalue weighted by Crippen LogP contribution is -2.28. The number of pyridine rings is 1. The summed E-state index contributed by atoms with van der Waals surface area (Å²) in [7, 11) is 3.08. The van der Waals surface area contributed by atoms with Gasteiger partial charge in [-0.25, -0.2) is 14.6 Å². The molecular weight excluding hydrogens is 492 g/mol. The van der Waals surface area contributed by atoms with Crippen molar-refractivity contribution in [3.63, 3.8) is 0 Å². The molecule has 2 aliphatic rings. The number of rotatable bonds is 14. The molecule has 1 N–H and O–H groups in total. The highest BCUT2D eigenvalue weighted by Crippen LogP contribution is 2.39. The second-order valence-corrected chi connectivity index (χ2v) is 9.45.